The predicted octanol–water partition coefficient (Wildman–Crippen LogP) is 3.04. The molecule has 3 aliphatic rings. The van der Waals surface area contributed by atoms with Gasteiger partial charge < -0.3 is 4.90 Å². The van der Waals surface area contributed by atoms with Crippen LogP contribution in [0.3, 0.4) is 0 Å². The summed E-state index contributed by atoms with van der Waals surface area (Å²) in [7, 11) is 0. The molecule has 0 saturated heterocycles. The largest absolute Gasteiger partial charge is 0.345 e. The molecule has 0 N–H and O–H groups in total. The fraction of sp³-hybridized carbons (Fsp3) is 0.714. The predicted molar refractivity (Wildman–Crippen MR) is 72.5 cm³/mol. The topological polar surface area (TPSA) is 33.2 Å². The van der Waals surface area contributed by atoms with E-state index in [1.165, 1.54) is 32.2 Å². The van der Waals surface area contributed by atoms with Crippen LogP contribution in [0.25, 0.3) is 0 Å². The Morgan fingerprint density at radius 2 is 2.06 bits per heavy atom. The lowest BCUT2D eigenvalue weighted by Gasteiger charge is -2.21. The molecule has 2 fully saturated rings. The normalized spacial score (nSPS) is 23.0. The zero-order chi connectivity index (χ0) is 12.1. The Kier molecular flexibility index (Phi) is 2.47. The molecule has 18 heavy (non-hydrogen) atoms. The molecule has 3 nitrogen and oxygen atoms in total. The molecule has 1 aromatic heterocycles. The summed E-state index contributed by atoms with van der Waals surface area (Å²) in [6, 6.07) is 0.716. The molecular formula is C14H18N2OS. The fourth-order valence-corrected chi connectivity index (χ4v) is 3.89. The highest BCUT2D eigenvalue weighted by atomic mass is 32.1. The van der Waals surface area contributed by atoms with Crippen LogP contribution < -0.4 is 4.90 Å². The minimum absolute atomic E-state index is 0.321. The van der Waals surface area contributed by atoms with Crippen LogP contribution in [-0.4, -0.2) is 23.4 Å². The lowest BCUT2D eigenvalue weighted by atomic mass is 10.0. The zero-order valence-corrected chi connectivity index (χ0v) is 11.3. The van der Waals surface area contributed by atoms with Gasteiger partial charge in [0.15, 0.2) is 10.9 Å². The monoisotopic (exact) mass is 262 g/mol. The van der Waals surface area contributed by atoms with Crippen molar-refractivity contribution in [1.82, 2.24) is 4.98 Å². The van der Waals surface area contributed by atoms with E-state index in [0.29, 0.717) is 11.8 Å². The van der Waals surface area contributed by atoms with Crippen LogP contribution >= 0.6 is 11.3 Å². The van der Waals surface area contributed by atoms with Gasteiger partial charge in [-0.3, -0.25) is 4.79 Å². The van der Waals surface area contributed by atoms with E-state index in [9.17, 15) is 4.79 Å². The second kappa shape index (κ2) is 4.05. The summed E-state index contributed by atoms with van der Waals surface area (Å²) in [5.74, 6) is 1.21. The van der Waals surface area contributed by atoms with E-state index < -0.39 is 0 Å². The summed E-state index contributed by atoms with van der Waals surface area (Å²) >= 11 is 1.65. The van der Waals surface area contributed by atoms with Crippen molar-refractivity contribution in [2.75, 3.05) is 11.4 Å². The molecule has 1 heterocycles. The number of thiazole rings is 1. The third-order valence-corrected chi connectivity index (χ3v) is 5.32. The second-order valence-corrected chi connectivity index (χ2v) is 6.85. The number of Topliss-reactive ketones (excluding diaryl/α,β-unsaturated/α-hetero) is 1. The maximum absolute atomic E-state index is 11.9. The summed E-state index contributed by atoms with van der Waals surface area (Å²) in [6.07, 6.45) is 8.09. The maximum atomic E-state index is 11.9. The summed E-state index contributed by atoms with van der Waals surface area (Å²) in [5.41, 5.74) is 1.08. The van der Waals surface area contributed by atoms with Gasteiger partial charge >= 0.3 is 0 Å². The first kappa shape index (κ1) is 11.0. The van der Waals surface area contributed by atoms with Gasteiger partial charge in [-0.05, 0) is 44.4 Å². The van der Waals surface area contributed by atoms with Crippen molar-refractivity contribution < 1.29 is 4.79 Å². The van der Waals surface area contributed by atoms with E-state index in [2.05, 4.69) is 4.90 Å². The van der Waals surface area contributed by atoms with Crippen molar-refractivity contribution in [1.29, 1.82) is 0 Å². The molecule has 0 atom stereocenters. The smallest absolute Gasteiger partial charge is 0.186 e. The highest BCUT2D eigenvalue weighted by molar-refractivity contribution is 7.17. The summed E-state index contributed by atoms with van der Waals surface area (Å²) in [6.45, 7) is 1.17. The van der Waals surface area contributed by atoms with Gasteiger partial charge in [-0.1, -0.05) is 11.3 Å². The number of ketones is 1. The molecule has 0 unspecified atom stereocenters. The number of aromatic nitrogens is 1. The van der Waals surface area contributed by atoms with Gasteiger partial charge in [-0.15, -0.1) is 0 Å². The fourth-order valence-electron chi connectivity index (χ4n) is 2.73. The molecule has 0 radical (unpaired) electrons. The number of rotatable bonds is 4. The molecule has 3 aliphatic carbocycles. The number of hydrogen-bond acceptors (Lipinski definition) is 4. The minimum atomic E-state index is 0.321. The van der Waals surface area contributed by atoms with Crippen molar-refractivity contribution >= 4 is 22.3 Å². The summed E-state index contributed by atoms with van der Waals surface area (Å²) < 4.78 is 0. The average molecular weight is 262 g/mol. The van der Waals surface area contributed by atoms with Gasteiger partial charge in [-0.2, -0.15) is 0 Å². The van der Waals surface area contributed by atoms with Crippen LogP contribution in [0.5, 0.6) is 0 Å². The van der Waals surface area contributed by atoms with Crippen LogP contribution in [-0.2, 0) is 6.42 Å². The molecule has 0 aromatic carbocycles. The van der Waals surface area contributed by atoms with Crippen molar-refractivity contribution in [3.05, 3.63) is 10.6 Å². The van der Waals surface area contributed by atoms with E-state index in [1.807, 2.05) is 0 Å². The van der Waals surface area contributed by atoms with Gasteiger partial charge in [0.25, 0.3) is 0 Å². The van der Waals surface area contributed by atoms with E-state index >= 15 is 0 Å². The Morgan fingerprint density at radius 3 is 2.72 bits per heavy atom. The number of nitrogens with zero attached hydrogens (tertiary/aromatic N) is 2. The molecule has 0 amide bonds. The van der Waals surface area contributed by atoms with Crippen LogP contribution in [0, 0.1) is 5.92 Å². The lowest BCUT2D eigenvalue weighted by Crippen LogP contribution is -2.27. The molecule has 4 heteroatoms. The molecule has 4 rings (SSSR count). The van der Waals surface area contributed by atoms with Gasteiger partial charge in [0.1, 0.15) is 0 Å². The Hall–Kier alpha value is -0.900. The van der Waals surface area contributed by atoms with E-state index in [-0.39, 0.29) is 0 Å². The van der Waals surface area contributed by atoms with E-state index in [4.69, 9.17) is 4.98 Å². The summed E-state index contributed by atoms with van der Waals surface area (Å²) in [5, 5.41) is 1.13. The highest BCUT2D eigenvalue weighted by Crippen LogP contribution is 2.40. The van der Waals surface area contributed by atoms with Crippen LogP contribution in [0.15, 0.2) is 0 Å². The van der Waals surface area contributed by atoms with Gasteiger partial charge in [-0.25, -0.2) is 4.98 Å². The number of fused-ring (bicyclic) bond motifs is 1. The molecule has 0 spiro atoms. The molecule has 0 bridgehead atoms. The molecule has 2 saturated carbocycles. The van der Waals surface area contributed by atoms with Crippen molar-refractivity contribution in [2.45, 2.75) is 51.0 Å². The van der Waals surface area contributed by atoms with Crippen LogP contribution in [0.2, 0.25) is 0 Å². The van der Waals surface area contributed by atoms with Crippen molar-refractivity contribution in [3.63, 3.8) is 0 Å². The molecule has 96 valence electrons. The number of hydrogen-bond donors (Lipinski definition) is 0. The van der Waals surface area contributed by atoms with Crippen LogP contribution in [0.4, 0.5) is 5.13 Å². The van der Waals surface area contributed by atoms with Gasteiger partial charge in [0.2, 0.25) is 0 Å². The van der Waals surface area contributed by atoms with E-state index in [0.717, 1.165) is 40.9 Å². The quantitative estimate of drug-likeness (QED) is 0.836. The first-order valence-corrected chi connectivity index (χ1v) is 7.92. The maximum Gasteiger partial charge on any atom is 0.186 e. The van der Waals surface area contributed by atoms with Crippen molar-refractivity contribution in [2.24, 2.45) is 5.92 Å². The van der Waals surface area contributed by atoms with Crippen molar-refractivity contribution in [3.8, 4) is 0 Å². The summed E-state index contributed by atoms with van der Waals surface area (Å²) in [4.78, 5) is 20.1. The standard InChI is InChI=1S/C14H18N2OS/c17-12-3-1-2-11-13(12)18-14(15-11)16(10-6-7-10)8-9-4-5-9/h9-10H,1-8H2. The Labute approximate surface area is 111 Å². The molecular weight excluding hydrogens is 244 g/mol. The third kappa shape index (κ3) is 1.96. The third-order valence-electron chi connectivity index (χ3n) is 4.14. The first-order chi connectivity index (χ1) is 8.81. The SMILES string of the molecule is O=C1CCCc2nc(N(CC3CC3)C3CC3)sc21. The van der Waals surface area contributed by atoms with Gasteiger partial charge in [0.05, 0.1) is 10.6 Å². The Morgan fingerprint density at radius 1 is 1.22 bits per heavy atom. The minimum Gasteiger partial charge on any atom is -0.345 e. The molecule has 1 aromatic rings. The highest BCUT2D eigenvalue weighted by Gasteiger charge is 2.36. The lowest BCUT2D eigenvalue weighted by molar-refractivity contribution is 0.0976. The number of carbonyl (C=O) groups is 1. The number of carbonyl (C=O) groups excluding carboxylic acids is 1. The number of anilines is 1. The average Bonchev–Trinajstić information content (AvgIpc) is 3.25. The number of aryl methyl sites for hydroxylation is 1. The van der Waals surface area contributed by atoms with E-state index in [1.54, 1.807) is 11.3 Å². The first-order valence-electron chi connectivity index (χ1n) is 7.11. The van der Waals surface area contributed by atoms with Gasteiger partial charge in [0, 0.05) is 19.0 Å². The second-order valence-electron chi connectivity index (χ2n) is 5.88. The Balaban J connectivity index is 1.63. The zero-order valence-electron chi connectivity index (χ0n) is 10.5. The Bertz CT molecular complexity index is 488. The molecule has 0 aliphatic heterocycles. The van der Waals surface area contributed by atoms with Crippen LogP contribution in [0.1, 0.15) is 53.9 Å².